The zero-order valence-electron chi connectivity index (χ0n) is 17.2. The smallest absolute Gasteiger partial charge is 0.322 e. The lowest BCUT2D eigenvalue weighted by Gasteiger charge is -2.22. The van der Waals surface area contributed by atoms with Gasteiger partial charge in [0.2, 0.25) is 0 Å². The fourth-order valence-electron chi connectivity index (χ4n) is 3.31. The van der Waals surface area contributed by atoms with Gasteiger partial charge in [0.1, 0.15) is 5.82 Å². The number of rotatable bonds is 8. The van der Waals surface area contributed by atoms with Crippen LogP contribution >= 0.6 is 0 Å². The number of nitrogens with one attached hydrogen (secondary N) is 1. The molecule has 3 amide bonds. The Morgan fingerprint density at radius 2 is 1.63 bits per heavy atom. The van der Waals surface area contributed by atoms with Crippen LogP contribution in [0.2, 0.25) is 0 Å². The van der Waals surface area contributed by atoms with Gasteiger partial charge < -0.3 is 24.6 Å². The van der Waals surface area contributed by atoms with Crippen LogP contribution < -0.4 is 5.32 Å². The lowest BCUT2D eigenvalue weighted by molar-refractivity contribution is 0.0627. The Hall–Kier alpha value is -2.97. The molecule has 0 aromatic heterocycles. The molecule has 2 aromatic carbocycles. The highest BCUT2D eigenvalue weighted by molar-refractivity contribution is 5.95. The van der Waals surface area contributed by atoms with Crippen LogP contribution in [0, 0.1) is 5.82 Å². The van der Waals surface area contributed by atoms with Gasteiger partial charge in [0.25, 0.3) is 5.91 Å². The van der Waals surface area contributed by atoms with E-state index < -0.39 is 0 Å². The number of anilines is 1. The molecule has 0 saturated heterocycles. The largest absolute Gasteiger partial charge is 0.383 e. The van der Waals surface area contributed by atoms with Gasteiger partial charge in [0, 0.05) is 51.6 Å². The van der Waals surface area contributed by atoms with Crippen molar-refractivity contribution < 1.29 is 23.5 Å². The van der Waals surface area contributed by atoms with E-state index in [1.165, 1.54) is 12.1 Å². The molecule has 0 unspecified atom stereocenters. The lowest BCUT2D eigenvalue weighted by Crippen LogP contribution is -2.36. The van der Waals surface area contributed by atoms with Crippen molar-refractivity contribution in [3.05, 3.63) is 65.0 Å². The number of urea groups is 1. The van der Waals surface area contributed by atoms with Crippen molar-refractivity contribution in [2.45, 2.75) is 13.1 Å². The second-order valence-corrected chi connectivity index (χ2v) is 7.05. The van der Waals surface area contributed by atoms with Gasteiger partial charge in [-0.3, -0.25) is 4.79 Å². The second kappa shape index (κ2) is 10.2. The molecule has 0 spiro atoms. The van der Waals surface area contributed by atoms with E-state index in [0.29, 0.717) is 50.6 Å². The molecule has 160 valence electrons. The molecule has 0 saturated carbocycles. The predicted molar refractivity (Wildman–Crippen MR) is 111 cm³/mol. The Morgan fingerprint density at radius 3 is 2.27 bits per heavy atom. The Kier molecular flexibility index (Phi) is 7.37. The molecule has 8 heteroatoms. The summed E-state index contributed by atoms with van der Waals surface area (Å²) in [6.45, 7) is 2.60. The molecule has 7 nitrogen and oxygen atoms in total. The van der Waals surface area contributed by atoms with E-state index in [-0.39, 0.29) is 17.8 Å². The van der Waals surface area contributed by atoms with E-state index in [4.69, 9.17) is 9.47 Å². The first-order valence-corrected chi connectivity index (χ1v) is 9.72. The summed E-state index contributed by atoms with van der Waals surface area (Å²) in [4.78, 5) is 28.6. The number of carbonyl (C=O) groups is 2. The molecule has 3 rings (SSSR count). The number of amides is 3. The summed E-state index contributed by atoms with van der Waals surface area (Å²) < 4.78 is 23.5. The van der Waals surface area contributed by atoms with Gasteiger partial charge in [-0.25, -0.2) is 9.18 Å². The van der Waals surface area contributed by atoms with E-state index in [1.54, 1.807) is 54.4 Å². The van der Waals surface area contributed by atoms with E-state index >= 15 is 0 Å². The minimum atomic E-state index is -0.304. The van der Waals surface area contributed by atoms with Crippen LogP contribution in [0.25, 0.3) is 0 Å². The van der Waals surface area contributed by atoms with Crippen LogP contribution in [0.3, 0.4) is 0 Å². The van der Waals surface area contributed by atoms with Gasteiger partial charge in [-0.1, -0.05) is 6.07 Å². The Labute approximate surface area is 175 Å². The SMILES string of the molecule is COCCN(CCOC)C(=O)c1ccc(NC(=O)N2Cc3ccc(F)cc3C2)cc1. The molecule has 0 bridgehead atoms. The molecule has 0 radical (unpaired) electrons. The Bertz CT molecular complexity index is 880. The topological polar surface area (TPSA) is 71.1 Å². The third-order valence-corrected chi connectivity index (χ3v) is 4.98. The predicted octanol–water partition coefficient (Wildman–Crippen LogP) is 3.11. The van der Waals surface area contributed by atoms with Crippen LogP contribution in [-0.2, 0) is 22.6 Å². The number of methoxy groups -OCH3 is 2. The quantitative estimate of drug-likeness (QED) is 0.719. The summed E-state index contributed by atoms with van der Waals surface area (Å²) in [6, 6.07) is 11.0. The summed E-state index contributed by atoms with van der Waals surface area (Å²) in [7, 11) is 3.18. The number of benzene rings is 2. The van der Waals surface area contributed by atoms with Crippen LogP contribution in [0.15, 0.2) is 42.5 Å². The zero-order valence-corrected chi connectivity index (χ0v) is 17.2. The molecule has 1 aliphatic rings. The molecule has 30 heavy (non-hydrogen) atoms. The molecule has 0 fully saturated rings. The normalized spacial score (nSPS) is 12.6. The maximum atomic E-state index is 13.4. The third kappa shape index (κ3) is 5.34. The van der Waals surface area contributed by atoms with Gasteiger partial charge in [0.15, 0.2) is 0 Å². The number of hydrogen-bond acceptors (Lipinski definition) is 4. The number of carbonyl (C=O) groups excluding carboxylic acids is 2. The van der Waals surface area contributed by atoms with E-state index in [0.717, 1.165) is 11.1 Å². The summed E-state index contributed by atoms with van der Waals surface area (Å²) >= 11 is 0. The Balaban J connectivity index is 1.60. The van der Waals surface area contributed by atoms with Crippen LogP contribution in [0.1, 0.15) is 21.5 Å². The number of ether oxygens (including phenoxy) is 2. The molecule has 1 N–H and O–H groups in total. The first kappa shape index (κ1) is 21.7. The van der Waals surface area contributed by atoms with Gasteiger partial charge in [0.05, 0.1) is 13.2 Å². The first-order valence-electron chi connectivity index (χ1n) is 9.72. The van der Waals surface area contributed by atoms with E-state index in [9.17, 15) is 14.0 Å². The van der Waals surface area contributed by atoms with Crippen molar-refractivity contribution in [2.24, 2.45) is 0 Å². The molecular formula is C22H26FN3O4. The molecule has 0 atom stereocenters. The Morgan fingerprint density at radius 1 is 1.00 bits per heavy atom. The molecule has 2 aromatic rings. The average Bonchev–Trinajstić information content (AvgIpc) is 3.17. The zero-order chi connectivity index (χ0) is 21.5. The van der Waals surface area contributed by atoms with E-state index in [2.05, 4.69) is 5.32 Å². The first-order chi connectivity index (χ1) is 14.5. The van der Waals surface area contributed by atoms with Gasteiger partial charge in [-0.2, -0.15) is 0 Å². The number of hydrogen-bond donors (Lipinski definition) is 1. The molecule has 1 aliphatic heterocycles. The van der Waals surface area contributed by atoms with Crippen molar-refractivity contribution in [2.75, 3.05) is 45.8 Å². The van der Waals surface area contributed by atoms with Gasteiger partial charge in [-0.05, 0) is 47.5 Å². The summed E-state index contributed by atoms with van der Waals surface area (Å²) in [5.41, 5.74) is 2.86. The lowest BCUT2D eigenvalue weighted by atomic mass is 10.1. The minimum Gasteiger partial charge on any atom is -0.383 e. The summed E-state index contributed by atoms with van der Waals surface area (Å²) in [5, 5.41) is 2.83. The van der Waals surface area contributed by atoms with Gasteiger partial charge in [-0.15, -0.1) is 0 Å². The van der Waals surface area contributed by atoms with Gasteiger partial charge >= 0.3 is 6.03 Å². The van der Waals surface area contributed by atoms with Crippen molar-refractivity contribution in [1.82, 2.24) is 9.80 Å². The maximum Gasteiger partial charge on any atom is 0.322 e. The fourth-order valence-corrected chi connectivity index (χ4v) is 3.31. The number of nitrogens with zero attached hydrogens (tertiary/aromatic N) is 2. The number of halogens is 1. The van der Waals surface area contributed by atoms with Crippen molar-refractivity contribution >= 4 is 17.6 Å². The standard InChI is InChI=1S/C22H26FN3O4/c1-29-11-9-25(10-12-30-2)21(27)16-4-7-20(8-5-16)24-22(28)26-14-17-3-6-19(23)13-18(17)15-26/h3-8,13H,9-12,14-15H2,1-2H3,(H,24,28). The highest BCUT2D eigenvalue weighted by Gasteiger charge is 2.24. The van der Waals surface area contributed by atoms with Crippen molar-refractivity contribution in [3.63, 3.8) is 0 Å². The number of fused-ring (bicyclic) bond motifs is 1. The molecular weight excluding hydrogens is 389 g/mol. The highest BCUT2D eigenvalue weighted by Crippen LogP contribution is 2.24. The van der Waals surface area contributed by atoms with Crippen LogP contribution in [0.4, 0.5) is 14.9 Å². The minimum absolute atomic E-state index is 0.126. The van der Waals surface area contributed by atoms with Crippen molar-refractivity contribution in [3.8, 4) is 0 Å². The summed E-state index contributed by atoms with van der Waals surface area (Å²) in [6.07, 6.45) is 0. The van der Waals surface area contributed by atoms with Crippen LogP contribution in [-0.4, -0.2) is 62.3 Å². The second-order valence-electron chi connectivity index (χ2n) is 7.05. The van der Waals surface area contributed by atoms with E-state index in [1.807, 2.05) is 0 Å². The fraction of sp³-hybridized carbons (Fsp3) is 0.364. The average molecular weight is 415 g/mol. The van der Waals surface area contributed by atoms with Crippen LogP contribution in [0.5, 0.6) is 0 Å². The summed E-state index contributed by atoms with van der Waals surface area (Å²) in [5.74, 6) is -0.430. The highest BCUT2D eigenvalue weighted by atomic mass is 19.1. The maximum absolute atomic E-state index is 13.4. The monoisotopic (exact) mass is 415 g/mol. The van der Waals surface area contributed by atoms with Crippen molar-refractivity contribution in [1.29, 1.82) is 0 Å². The third-order valence-electron chi connectivity index (χ3n) is 4.98. The molecule has 1 heterocycles. The molecule has 0 aliphatic carbocycles.